The van der Waals surface area contributed by atoms with Crippen molar-refractivity contribution in [3.05, 3.63) is 28.5 Å². The van der Waals surface area contributed by atoms with Crippen molar-refractivity contribution in [3.8, 4) is 0 Å². The van der Waals surface area contributed by atoms with E-state index in [1.54, 1.807) is 11.1 Å². The van der Waals surface area contributed by atoms with E-state index in [0.29, 0.717) is 25.7 Å². The predicted octanol–water partition coefficient (Wildman–Crippen LogP) is 3.62. The van der Waals surface area contributed by atoms with Gasteiger partial charge in [0.1, 0.15) is 10.2 Å². The third kappa shape index (κ3) is 5.57. The van der Waals surface area contributed by atoms with Gasteiger partial charge in [-0.25, -0.2) is 9.78 Å². The molecule has 1 aromatic rings. The maximum absolute atomic E-state index is 12.0. The van der Waals surface area contributed by atoms with Gasteiger partial charge in [0.25, 0.3) is 0 Å². The average Bonchev–Trinajstić information content (AvgIpc) is 2.88. The lowest BCUT2D eigenvalue weighted by atomic mass is 10.1. The molecule has 1 amide bonds. The molecule has 0 saturated carbocycles. The summed E-state index contributed by atoms with van der Waals surface area (Å²) in [6.07, 6.45) is 2.52. The lowest BCUT2D eigenvalue weighted by molar-refractivity contribution is 0.0271. The fourth-order valence-corrected chi connectivity index (χ4v) is 2.53. The Hall–Kier alpha value is -1.14. The average molecular weight is 371 g/mol. The van der Waals surface area contributed by atoms with E-state index in [-0.39, 0.29) is 6.09 Å². The molecule has 0 spiro atoms. The normalized spacial score (nSPS) is 18.5. The van der Waals surface area contributed by atoms with Crippen LogP contribution in [0.5, 0.6) is 0 Å². The zero-order chi connectivity index (χ0) is 16.2. The molecular weight excluding hydrogens is 348 g/mol. The van der Waals surface area contributed by atoms with E-state index in [1.165, 1.54) is 0 Å². The summed E-state index contributed by atoms with van der Waals surface area (Å²) in [7, 11) is 0. The number of carbonyl (C=O) groups is 1. The summed E-state index contributed by atoms with van der Waals surface area (Å²) in [5.41, 5.74) is 0.602. The van der Waals surface area contributed by atoms with Crippen LogP contribution in [-0.2, 0) is 16.1 Å². The second kappa shape index (κ2) is 7.42. The standard InChI is InChI=1S/C16H23BrN2O3/c1-16(2,3)22-15(20)19-7-6-13(9-19)11-21-10-12-4-5-14(17)18-8-12/h4-5,8,13H,6-7,9-11H2,1-3H3/t13-/m0/s1. The van der Waals surface area contributed by atoms with Gasteiger partial charge in [-0.3, -0.25) is 0 Å². The van der Waals surface area contributed by atoms with E-state index in [9.17, 15) is 4.79 Å². The zero-order valence-corrected chi connectivity index (χ0v) is 14.9. The first-order valence-corrected chi connectivity index (χ1v) is 8.29. The molecule has 1 fully saturated rings. The first-order chi connectivity index (χ1) is 10.3. The van der Waals surface area contributed by atoms with Crippen molar-refractivity contribution in [3.63, 3.8) is 0 Å². The number of rotatable bonds is 4. The van der Waals surface area contributed by atoms with E-state index in [4.69, 9.17) is 9.47 Å². The lowest BCUT2D eigenvalue weighted by Crippen LogP contribution is -2.35. The second-order valence-electron chi connectivity index (χ2n) is 6.59. The van der Waals surface area contributed by atoms with Gasteiger partial charge in [0.05, 0.1) is 13.2 Å². The Kier molecular flexibility index (Phi) is 5.81. The Labute approximate surface area is 140 Å². The molecule has 0 radical (unpaired) electrons. The Morgan fingerprint density at radius 1 is 1.45 bits per heavy atom. The summed E-state index contributed by atoms with van der Waals surface area (Å²) < 4.78 is 11.9. The van der Waals surface area contributed by atoms with Crippen LogP contribution in [-0.4, -0.2) is 41.3 Å². The van der Waals surface area contributed by atoms with Gasteiger partial charge in [-0.2, -0.15) is 0 Å². The molecule has 1 aliphatic heterocycles. The van der Waals surface area contributed by atoms with Crippen molar-refractivity contribution in [1.29, 1.82) is 0 Å². The lowest BCUT2D eigenvalue weighted by Gasteiger charge is -2.24. The van der Waals surface area contributed by atoms with Crippen LogP contribution in [0.25, 0.3) is 0 Å². The Bertz CT molecular complexity index is 499. The topological polar surface area (TPSA) is 51.7 Å². The molecule has 0 unspecified atom stereocenters. The van der Waals surface area contributed by atoms with Crippen LogP contribution in [0.2, 0.25) is 0 Å². The van der Waals surface area contributed by atoms with Crippen LogP contribution in [0, 0.1) is 5.92 Å². The highest BCUT2D eigenvalue weighted by Gasteiger charge is 2.29. The van der Waals surface area contributed by atoms with E-state index in [1.807, 2.05) is 32.9 Å². The minimum atomic E-state index is -0.444. The summed E-state index contributed by atoms with van der Waals surface area (Å²) in [5, 5.41) is 0. The van der Waals surface area contributed by atoms with Crippen LogP contribution in [0.1, 0.15) is 32.8 Å². The molecule has 0 aliphatic carbocycles. The fraction of sp³-hybridized carbons (Fsp3) is 0.625. The van der Waals surface area contributed by atoms with Crippen LogP contribution in [0.15, 0.2) is 22.9 Å². The molecule has 0 bridgehead atoms. The van der Waals surface area contributed by atoms with Crippen molar-refractivity contribution >= 4 is 22.0 Å². The number of nitrogens with zero attached hydrogens (tertiary/aromatic N) is 2. The van der Waals surface area contributed by atoms with E-state index >= 15 is 0 Å². The first kappa shape index (κ1) is 17.2. The van der Waals surface area contributed by atoms with Gasteiger partial charge in [0, 0.05) is 25.2 Å². The monoisotopic (exact) mass is 370 g/mol. The summed E-state index contributed by atoms with van der Waals surface area (Å²) in [5.74, 6) is 0.371. The van der Waals surface area contributed by atoms with Gasteiger partial charge in [-0.05, 0) is 54.8 Å². The highest BCUT2D eigenvalue weighted by atomic mass is 79.9. The van der Waals surface area contributed by atoms with Crippen LogP contribution < -0.4 is 0 Å². The number of carbonyl (C=O) groups excluding carboxylic acids is 1. The van der Waals surface area contributed by atoms with Crippen LogP contribution in [0.4, 0.5) is 4.79 Å². The number of aromatic nitrogens is 1. The summed E-state index contributed by atoms with van der Waals surface area (Å²) in [6, 6.07) is 3.89. The third-order valence-corrected chi connectivity index (χ3v) is 3.82. The highest BCUT2D eigenvalue weighted by molar-refractivity contribution is 9.10. The molecule has 122 valence electrons. The van der Waals surface area contributed by atoms with Crippen molar-refractivity contribution in [2.45, 2.75) is 39.4 Å². The molecule has 5 nitrogen and oxygen atoms in total. The second-order valence-corrected chi connectivity index (χ2v) is 7.40. The first-order valence-electron chi connectivity index (χ1n) is 7.49. The minimum absolute atomic E-state index is 0.230. The molecule has 1 atom stereocenters. The minimum Gasteiger partial charge on any atom is -0.444 e. The zero-order valence-electron chi connectivity index (χ0n) is 13.3. The molecule has 2 rings (SSSR count). The number of ether oxygens (including phenoxy) is 2. The Balaban J connectivity index is 1.70. The van der Waals surface area contributed by atoms with Crippen molar-refractivity contribution in [2.24, 2.45) is 5.92 Å². The summed E-state index contributed by atoms with van der Waals surface area (Å²) in [4.78, 5) is 17.9. The van der Waals surface area contributed by atoms with Crippen LogP contribution in [0.3, 0.4) is 0 Å². The number of hydrogen-bond donors (Lipinski definition) is 0. The van der Waals surface area contributed by atoms with Gasteiger partial charge in [0.2, 0.25) is 0 Å². The van der Waals surface area contributed by atoms with E-state index < -0.39 is 5.60 Å². The SMILES string of the molecule is CC(C)(C)OC(=O)N1CC[C@H](COCc2ccc(Br)nc2)C1. The van der Waals surface area contributed by atoms with E-state index in [2.05, 4.69) is 20.9 Å². The maximum atomic E-state index is 12.0. The quantitative estimate of drug-likeness (QED) is 0.759. The molecule has 1 aromatic heterocycles. The van der Waals surface area contributed by atoms with Gasteiger partial charge in [-0.15, -0.1) is 0 Å². The van der Waals surface area contributed by atoms with Crippen molar-refractivity contribution in [1.82, 2.24) is 9.88 Å². The molecule has 0 aromatic carbocycles. The smallest absolute Gasteiger partial charge is 0.410 e. The largest absolute Gasteiger partial charge is 0.444 e. The highest BCUT2D eigenvalue weighted by Crippen LogP contribution is 2.20. The summed E-state index contributed by atoms with van der Waals surface area (Å²) >= 11 is 3.31. The summed E-state index contributed by atoms with van der Waals surface area (Å²) in [6.45, 7) is 8.28. The molecule has 1 saturated heterocycles. The van der Waals surface area contributed by atoms with Gasteiger partial charge in [-0.1, -0.05) is 6.07 Å². The van der Waals surface area contributed by atoms with Gasteiger partial charge < -0.3 is 14.4 Å². The number of pyridine rings is 1. The predicted molar refractivity (Wildman–Crippen MR) is 87.5 cm³/mol. The number of likely N-dealkylation sites (tertiary alicyclic amines) is 1. The maximum Gasteiger partial charge on any atom is 0.410 e. The van der Waals surface area contributed by atoms with Gasteiger partial charge >= 0.3 is 6.09 Å². The third-order valence-electron chi connectivity index (χ3n) is 3.35. The van der Waals surface area contributed by atoms with E-state index in [0.717, 1.165) is 23.1 Å². The van der Waals surface area contributed by atoms with Crippen LogP contribution >= 0.6 is 15.9 Å². The molecule has 0 N–H and O–H groups in total. The van der Waals surface area contributed by atoms with Gasteiger partial charge in [0.15, 0.2) is 0 Å². The molecule has 22 heavy (non-hydrogen) atoms. The van der Waals surface area contributed by atoms with Crippen molar-refractivity contribution in [2.75, 3.05) is 19.7 Å². The fourth-order valence-electron chi connectivity index (χ4n) is 2.30. The Morgan fingerprint density at radius 2 is 2.23 bits per heavy atom. The molecule has 2 heterocycles. The Morgan fingerprint density at radius 3 is 2.86 bits per heavy atom. The van der Waals surface area contributed by atoms with Crippen molar-refractivity contribution < 1.29 is 14.3 Å². The molecular formula is C16H23BrN2O3. The number of hydrogen-bond acceptors (Lipinski definition) is 4. The number of amides is 1. The molecule has 6 heteroatoms. The number of halogens is 1. The molecule has 1 aliphatic rings.